The number of carbonyl (C=O) groups is 1. The van der Waals surface area contributed by atoms with E-state index in [1.807, 2.05) is 18.2 Å². The average molecular weight is 343 g/mol. The summed E-state index contributed by atoms with van der Waals surface area (Å²) in [5.74, 6) is -0.0252. The monoisotopic (exact) mass is 343 g/mol. The molecule has 118 valence electrons. The molecule has 1 fully saturated rings. The highest BCUT2D eigenvalue weighted by Crippen LogP contribution is 2.42. The topological polar surface area (TPSA) is 54.9 Å². The minimum atomic E-state index is -0.0252. The molecule has 1 amide bonds. The SMILES string of the molecule is O=C(NCC1(c2cccs2)CCCC1)c1ccc2nsnc2c1. The predicted molar refractivity (Wildman–Crippen MR) is 94.2 cm³/mol. The Bertz CT molecular complexity index is 819. The number of carbonyl (C=O) groups excluding carboxylic acids is 1. The van der Waals surface area contributed by atoms with Crippen molar-refractivity contribution in [2.24, 2.45) is 0 Å². The molecule has 1 saturated carbocycles. The van der Waals surface area contributed by atoms with Gasteiger partial charge in [0.15, 0.2) is 0 Å². The summed E-state index contributed by atoms with van der Waals surface area (Å²) < 4.78 is 8.38. The molecule has 1 aromatic carbocycles. The van der Waals surface area contributed by atoms with Gasteiger partial charge in [-0.05, 0) is 42.5 Å². The fourth-order valence-corrected chi connectivity index (χ4v) is 4.92. The van der Waals surface area contributed by atoms with Crippen molar-refractivity contribution in [3.05, 3.63) is 46.2 Å². The van der Waals surface area contributed by atoms with Crippen LogP contribution in [0.3, 0.4) is 0 Å². The van der Waals surface area contributed by atoms with Gasteiger partial charge in [0.1, 0.15) is 11.0 Å². The van der Waals surface area contributed by atoms with E-state index in [4.69, 9.17) is 0 Å². The van der Waals surface area contributed by atoms with Crippen molar-refractivity contribution in [3.63, 3.8) is 0 Å². The van der Waals surface area contributed by atoms with E-state index in [1.165, 1.54) is 29.4 Å². The highest BCUT2D eigenvalue weighted by Gasteiger charge is 2.36. The van der Waals surface area contributed by atoms with Crippen LogP contribution in [0, 0.1) is 0 Å². The Labute approximate surface area is 142 Å². The third-order valence-corrected chi connectivity index (χ3v) is 6.38. The van der Waals surface area contributed by atoms with Crippen LogP contribution in [0.15, 0.2) is 35.7 Å². The van der Waals surface area contributed by atoms with E-state index >= 15 is 0 Å². The first-order valence-electron chi connectivity index (χ1n) is 7.81. The van der Waals surface area contributed by atoms with Crippen LogP contribution in [0.2, 0.25) is 0 Å². The fraction of sp³-hybridized carbons (Fsp3) is 0.353. The molecule has 0 radical (unpaired) electrons. The standard InChI is InChI=1S/C17H17N3OS2/c21-16(12-5-6-13-14(10-12)20-23-19-13)18-11-17(7-1-2-8-17)15-4-3-9-22-15/h3-6,9-10H,1-2,7-8,11H2,(H,18,21). The zero-order valence-electron chi connectivity index (χ0n) is 12.6. The van der Waals surface area contributed by atoms with Gasteiger partial charge in [-0.25, -0.2) is 0 Å². The van der Waals surface area contributed by atoms with Crippen molar-refractivity contribution >= 4 is 40.0 Å². The molecule has 4 nitrogen and oxygen atoms in total. The lowest BCUT2D eigenvalue weighted by Gasteiger charge is -2.28. The second-order valence-corrected chi connectivity index (χ2v) is 7.59. The van der Waals surface area contributed by atoms with Crippen molar-refractivity contribution in [2.75, 3.05) is 6.54 Å². The highest BCUT2D eigenvalue weighted by molar-refractivity contribution is 7.10. The van der Waals surface area contributed by atoms with Gasteiger partial charge < -0.3 is 5.32 Å². The largest absolute Gasteiger partial charge is 0.351 e. The highest BCUT2D eigenvalue weighted by atomic mass is 32.1. The summed E-state index contributed by atoms with van der Waals surface area (Å²) in [5, 5.41) is 5.28. The first-order valence-corrected chi connectivity index (χ1v) is 9.42. The van der Waals surface area contributed by atoms with Crippen LogP contribution in [0.25, 0.3) is 11.0 Å². The van der Waals surface area contributed by atoms with Crippen LogP contribution in [0.1, 0.15) is 40.9 Å². The number of nitrogens with zero attached hydrogens (tertiary/aromatic N) is 2. The van der Waals surface area contributed by atoms with Crippen molar-refractivity contribution in [3.8, 4) is 0 Å². The maximum Gasteiger partial charge on any atom is 0.251 e. The number of thiophene rings is 1. The smallest absolute Gasteiger partial charge is 0.251 e. The van der Waals surface area contributed by atoms with Gasteiger partial charge in [0.05, 0.1) is 11.7 Å². The number of amides is 1. The zero-order valence-corrected chi connectivity index (χ0v) is 14.3. The number of hydrogen-bond donors (Lipinski definition) is 1. The molecule has 1 aliphatic rings. The summed E-state index contributed by atoms with van der Waals surface area (Å²) in [7, 11) is 0. The van der Waals surface area contributed by atoms with Gasteiger partial charge in [0, 0.05) is 22.4 Å². The van der Waals surface area contributed by atoms with Gasteiger partial charge in [-0.3, -0.25) is 4.79 Å². The minimum absolute atomic E-state index is 0.0252. The van der Waals surface area contributed by atoms with E-state index in [0.717, 1.165) is 23.9 Å². The van der Waals surface area contributed by atoms with Gasteiger partial charge in [-0.1, -0.05) is 18.9 Å². The minimum Gasteiger partial charge on any atom is -0.351 e. The lowest BCUT2D eigenvalue weighted by atomic mass is 9.84. The number of aromatic nitrogens is 2. The molecule has 1 N–H and O–H groups in total. The Morgan fingerprint density at radius 1 is 1.17 bits per heavy atom. The third kappa shape index (κ3) is 2.77. The van der Waals surface area contributed by atoms with E-state index in [9.17, 15) is 4.79 Å². The summed E-state index contributed by atoms with van der Waals surface area (Å²) in [4.78, 5) is 13.9. The molecule has 0 aliphatic heterocycles. The quantitative estimate of drug-likeness (QED) is 0.779. The van der Waals surface area contributed by atoms with E-state index < -0.39 is 0 Å². The number of nitrogens with one attached hydrogen (secondary N) is 1. The molecule has 0 unspecified atom stereocenters. The molecule has 3 aromatic rings. The molecular weight excluding hydrogens is 326 g/mol. The summed E-state index contributed by atoms with van der Waals surface area (Å²) >= 11 is 2.98. The molecule has 6 heteroatoms. The fourth-order valence-electron chi connectivity index (χ4n) is 3.42. The van der Waals surface area contributed by atoms with Crippen molar-refractivity contribution in [2.45, 2.75) is 31.1 Å². The molecule has 0 saturated heterocycles. The van der Waals surface area contributed by atoms with Gasteiger partial charge in [0.2, 0.25) is 0 Å². The maximum atomic E-state index is 12.5. The van der Waals surface area contributed by atoms with Crippen molar-refractivity contribution in [1.82, 2.24) is 14.1 Å². The van der Waals surface area contributed by atoms with Gasteiger partial charge in [-0.15, -0.1) is 11.3 Å². The van der Waals surface area contributed by atoms with Crippen LogP contribution in [0.4, 0.5) is 0 Å². The van der Waals surface area contributed by atoms with Crippen LogP contribution in [0.5, 0.6) is 0 Å². The van der Waals surface area contributed by atoms with E-state index in [0.29, 0.717) is 12.1 Å². The predicted octanol–water partition coefficient (Wildman–Crippen LogP) is 3.99. The van der Waals surface area contributed by atoms with Gasteiger partial charge in [-0.2, -0.15) is 8.75 Å². The molecule has 1 aliphatic carbocycles. The second-order valence-electron chi connectivity index (χ2n) is 6.12. The average Bonchev–Trinajstić information content (AvgIpc) is 3.33. The summed E-state index contributed by atoms with van der Waals surface area (Å²) in [5.41, 5.74) is 2.41. The molecule has 0 atom stereocenters. The Kier molecular flexibility index (Phi) is 3.87. The lowest BCUT2D eigenvalue weighted by Crippen LogP contribution is -2.38. The molecular formula is C17H17N3OS2. The maximum absolute atomic E-state index is 12.5. The van der Waals surface area contributed by atoms with Crippen molar-refractivity contribution in [1.29, 1.82) is 0 Å². The van der Waals surface area contributed by atoms with E-state index in [1.54, 1.807) is 11.3 Å². The Morgan fingerprint density at radius 3 is 2.78 bits per heavy atom. The molecule has 2 aromatic heterocycles. The van der Waals surface area contributed by atoms with Crippen LogP contribution in [-0.4, -0.2) is 21.2 Å². The number of fused-ring (bicyclic) bond motifs is 1. The van der Waals surface area contributed by atoms with Crippen LogP contribution in [-0.2, 0) is 5.41 Å². The Hall–Kier alpha value is -1.79. The molecule has 4 rings (SSSR count). The molecule has 23 heavy (non-hydrogen) atoms. The van der Waals surface area contributed by atoms with E-state index in [-0.39, 0.29) is 11.3 Å². The molecule has 0 bridgehead atoms. The molecule has 2 heterocycles. The number of rotatable bonds is 4. The summed E-state index contributed by atoms with van der Waals surface area (Å²) in [6.07, 6.45) is 4.79. The molecule has 0 spiro atoms. The van der Waals surface area contributed by atoms with Crippen molar-refractivity contribution < 1.29 is 4.79 Å². The summed E-state index contributed by atoms with van der Waals surface area (Å²) in [6.45, 7) is 0.708. The summed E-state index contributed by atoms with van der Waals surface area (Å²) in [6, 6.07) is 9.81. The second kappa shape index (κ2) is 6.02. The normalized spacial score (nSPS) is 16.7. The number of benzene rings is 1. The number of hydrogen-bond acceptors (Lipinski definition) is 5. The van der Waals surface area contributed by atoms with E-state index in [2.05, 4.69) is 31.6 Å². The Balaban J connectivity index is 1.52. The van der Waals surface area contributed by atoms with Gasteiger partial charge >= 0.3 is 0 Å². The van der Waals surface area contributed by atoms with Gasteiger partial charge in [0.25, 0.3) is 5.91 Å². The first kappa shape index (κ1) is 14.8. The van der Waals surface area contributed by atoms with Crippen LogP contribution < -0.4 is 5.32 Å². The Morgan fingerprint density at radius 2 is 2.00 bits per heavy atom. The first-order chi connectivity index (χ1) is 11.3. The lowest BCUT2D eigenvalue weighted by molar-refractivity contribution is 0.0943. The zero-order chi connectivity index (χ0) is 15.7. The third-order valence-electron chi connectivity index (χ3n) is 4.71. The van der Waals surface area contributed by atoms with Crippen LogP contribution >= 0.6 is 23.1 Å².